The van der Waals surface area contributed by atoms with E-state index in [9.17, 15) is 9.59 Å². The minimum atomic E-state index is -0.379. The minimum absolute atomic E-state index is 0.194. The van der Waals surface area contributed by atoms with Gasteiger partial charge >= 0.3 is 11.9 Å². The Bertz CT molecular complexity index is 482. The van der Waals surface area contributed by atoms with Crippen molar-refractivity contribution < 1.29 is 19.1 Å². The fourth-order valence-electron chi connectivity index (χ4n) is 1.91. The third-order valence-corrected chi connectivity index (χ3v) is 4.02. The van der Waals surface area contributed by atoms with Crippen molar-refractivity contribution in [1.29, 1.82) is 0 Å². The van der Waals surface area contributed by atoms with E-state index >= 15 is 0 Å². The molecule has 0 saturated heterocycles. The molecule has 0 aromatic carbocycles. The first-order valence-electron chi connectivity index (χ1n) is 6.71. The van der Waals surface area contributed by atoms with Crippen molar-refractivity contribution in [2.45, 2.75) is 40.0 Å². The molecule has 1 rings (SSSR count). The van der Waals surface area contributed by atoms with Gasteiger partial charge in [0.2, 0.25) is 0 Å². The highest BCUT2D eigenvalue weighted by Gasteiger charge is 2.20. The van der Waals surface area contributed by atoms with Gasteiger partial charge in [0.05, 0.1) is 18.8 Å². The van der Waals surface area contributed by atoms with E-state index in [1.165, 1.54) is 11.3 Å². The molecule has 0 atom stereocenters. The number of carbonyl (C=O) groups is 2. The van der Waals surface area contributed by atoms with E-state index in [2.05, 4.69) is 0 Å². The summed E-state index contributed by atoms with van der Waals surface area (Å²) in [6.45, 7) is 6.13. The molecule has 5 nitrogen and oxygen atoms in total. The van der Waals surface area contributed by atoms with Crippen LogP contribution < -0.4 is 5.73 Å². The van der Waals surface area contributed by atoms with Gasteiger partial charge in [-0.3, -0.25) is 4.79 Å². The first-order valence-corrected chi connectivity index (χ1v) is 7.53. The van der Waals surface area contributed by atoms with Gasteiger partial charge in [0.1, 0.15) is 5.00 Å². The van der Waals surface area contributed by atoms with E-state index in [0.717, 1.165) is 10.4 Å². The van der Waals surface area contributed by atoms with E-state index < -0.39 is 0 Å². The first-order chi connectivity index (χ1) is 9.51. The van der Waals surface area contributed by atoms with Crippen LogP contribution in [-0.2, 0) is 20.7 Å². The Labute approximate surface area is 123 Å². The average molecular weight is 299 g/mol. The summed E-state index contributed by atoms with van der Waals surface area (Å²) in [5.74, 6) is -0.573. The molecule has 2 N–H and O–H groups in total. The lowest BCUT2D eigenvalue weighted by molar-refractivity contribution is -0.143. The summed E-state index contributed by atoms with van der Waals surface area (Å²) >= 11 is 1.39. The maximum Gasteiger partial charge on any atom is 0.341 e. The second-order valence-electron chi connectivity index (χ2n) is 4.27. The Balaban J connectivity index is 2.66. The number of esters is 2. The number of carbonyl (C=O) groups excluding carboxylic acids is 2. The van der Waals surface area contributed by atoms with Crippen LogP contribution in [0, 0.1) is 6.92 Å². The quantitative estimate of drug-likeness (QED) is 0.783. The Morgan fingerprint density at radius 1 is 1.20 bits per heavy atom. The van der Waals surface area contributed by atoms with Gasteiger partial charge in [0.15, 0.2) is 0 Å². The lowest BCUT2D eigenvalue weighted by Crippen LogP contribution is -2.07. The number of nitrogen functional groups attached to an aromatic ring is 1. The van der Waals surface area contributed by atoms with E-state index in [1.807, 2.05) is 6.92 Å². The summed E-state index contributed by atoms with van der Waals surface area (Å²) in [6, 6.07) is 0. The highest BCUT2D eigenvalue weighted by atomic mass is 32.1. The van der Waals surface area contributed by atoms with Crippen molar-refractivity contribution in [1.82, 2.24) is 0 Å². The van der Waals surface area contributed by atoms with Crippen LogP contribution in [0.3, 0.4) is 0 Å². The predicted molar refractivity (Wildman–Crippen MR) is 79.0 cm³/mol. The number of nitrogens with two attached hydrogens (primary N) is 1. The van der Waals surface area contributed by atoms with Crippen LogP contribution in [0.1, 0.15) is 47.5 Å². The van der Waals surface area contributed by atoms with Crippen molar-refractivity contribution in [3.63, 3.8) is 0 Å². The largest absolute Gasteiger partial charge is 0.466 e. The molecular formula is C14H21NO4S. The van der Waals surface area contributed by atoms with Crippen molar-refractivity contribution in [3.05, 3.63) is 16.0 Å². The van der Waals surface area contributed by atoms with Crippen molar-refractivity contribution >= 4 is 28.3 Å². The summed E-state index contributed by atoms with van der Waals surface area (Å²) in [5.41, 5.74) is 7.20. The molecule has 0 radical (unpaired) electrons. The number of anilines is 1. The van der Waals surface area contributed by atoms with E-state index in [-0.39, 0.29) is 11.9 Å². The number of hydrogen-bond donors (Lipinski definition) is 1. The molecular weight excluding hydrogens is 278 g/mol. The fourth-order valence-corrected chi connectivity index (χ4v) is 3.01. The number of rotatable bonds is 7. The number of thiophene rings is 1. The highest BCUT2D eigenvalue weighted by molar-refractivity contribution is 7.16. The Morgan fingerprint density at radius 2 is 1.85 bits per heavy atom. The van der Waals surface area contributed by atoms with Crippen molar-refractivity contribution in [3.8, 4) is 0 Å². The van der Waals surface area contributed by atoms with Crippen molar-refractivity contribution in [2.75, 3.05) is 18.9 Å². The Morgan fingerprint density at radius 3 is 2.45 bits per heavy atom. The summed E-state index contributed by atoms with van der Waals surface area (Å²) < 4.78 is 9.87. The number of ether oxygens (including phenoxy) is 2. The van der Waals surface area contributed by atoms with Gasteiger partial charge in [0.25, 0.3) is 0 Å². The maximum atomic E-state index is 11.8. The molecule has 0 aliphatic rings. The second kappa shape index (κ2) is 7.89. The monoisotopic (exact) mass is 299 g/mol. The fraction of sp³-hybridized carbons (Fsp3) is 0.571. The molecule has 0 aliphatic carbocycles. The van der Waals surface area contributed by atoms with Gasteiger partial charge in [0, 0.05) is 11.3 Å². The normalized spacial score (nSPS) is 10.3. The van der Waals surface area contributed by atoms with Gasteiger partial charge in [-0.15, -0.1) is 11.3 Å². The van der Waals surface area contributed by atoms with Crippen LogP contribution in [0.15, 0.2) is 0 Å². The molecule has 20 heavy (non-hydrogen) atoms. The van der Waals surface area contributed by atoms with Crippen LogP contribution in [0.4, 0.5) is 5.00 Å². The van der Waals surface area contributed by atoms with E-state index in [4.69, 9.17) is 15.2 Å². The third-order valence-electron chi connectivity index (χ3n) is 2.84. The molecule has 112 valence electrons. The summed E-state index contributed by atoms with van der Waals surface area (Å²) in [4.78, 5) is 24.1. The Kier molecular flexibility index (Phi) is 6.51. The van der Waals surface area contributed by atoms with Gasteiger partial charge in [-0.1, -0.05) is 0 Å². The number of aryl methyl sites for hydroxylation is 1. The van der Waals surface area contributed by atoms with Gasteiger partial charge in [-0.2, -0.15) is 0 Å². The average Bonchev–Trinajstić information content (AvgIpc) is 2.65. The predicted octanol–water partition coefficient (Wildman–Crippen LogP) is 2.70. The van der Waals surface area contributed by atoms with Gasteiger partial charge in [-0.25, -0.2) is 4.79 Å². The summed E-state index contributed by atoms with van der Waals surface area (Å²) in [5, 5.41) is 0.479. The molecule has 0 spiro atoms. The Hall–Kier alpha value is -1.56. The summed E-state index contributed by atoms with van der Waals surface area (Å²) in [6.07, 6.45) is 1.76. The van der Waals surface area contributed by atoms with Crippen LogP contribution in [0.2, 0.25) is 0 Å². The van der Waals surface area contributed by atoms with Crippen LogP contribution in [0.5, 0.6) is 0 Å². The number of hydrogen-bond acceptors (Lipinski definition) is 6. The minimum Gasteiger partial charge on any atom is -0.466 e. The van der Waals surface area contributed by atoms with Crippen LogP contribution in [0.25, 0.3) is 0 Å². The molecule has 1 aromatic heterocycles. The first kappa shape index (κ1) is 16.5. The zero-order valence-electron chi connectivity index (χ0n) is 12.2. The summed E-state index contributed by atoms with van der Waals surface area (Å²) in [7, 11) is 0. The molecule has 0 aliphatic heterocycles. The molecule has 0 saturated carbocycles. The van der Waals surface area contributed by atoms with Gasteiger partial charge < -0.3 is 15.2 Å². The maximum absolute atomic E-state index is 11.8. The molecule has 0 bridgehead atoms. The molecule has 0 amide bonds. The SMILES string of the molecule is CCOC(=O)CCCc1sc(N)c(C(=O)OCC)c1C. The zero-order valence-corrected chi connectivity index (χ0v) is 13.0. The van der Waals surface area contributed by atoms with Gasteiger partial charge in [-0.05, 0) is 39.2 Å². The molecule has 1 aromatic rings. The molecule has 0 unspecified atom stereocenters. The smallest absolute Gasteiger partial charge is 0.341 e. The van der Waals surface area contributed by atoms with Crippen LogP contribution in [-0.4, -0.2) is 25.2 Å². The molecule has 6 heteroatoms. The van der Waals surface area contributed by atoms with Crippen LogP contribution >= 0.6 is 11.3 Å². The third kappa shape index (κ3) is 4.23. The second-order valence-corrected chi connectivity index (χ2v) is 5.41. The van der Waals surface area contributed by atoms with E-state index in [0.29, 0.717) is 43.0 Å². The van der Waals surface area contributed by atoms with E-state index in [1.54, 1.807) is 13.8 Å². The lowest BCUT2D eigenvalue weighted by Gasteiger charge is -2.03. The molecule has 1 heterocycles. The van der Waals surface area contributed by atoms with Crippen molar-refractivity contribution in [2.24, 2.45) is 0 Å². The zero-order chi connectivity index (χ0) is 15.1. The lowest BCUT2D eigenvalue weighted by atomic mass is 10.1. The topological polar surface area (TPSA) is 78.6 Å². The standard InChI is InChI=1S/C14H21NO4S/c1-4-18-11(16)8-6-7-10-9(3)12(13(15)20-10)14(17)19-5-2/h4-8,15H2,1-3H3. The molecule has 0 fully saturated rings. The highest BCUT2D eigenvalue weighted by Crippen LogP contribution is 2.32.